The molecule has 0 radical (unpaired) electrons. The zero-order valence-electron chi connectivity index (χ0n) is 6.98. The van der Waals surface area contributed by atoms with E-state index in [4.69, 9.17) is 4.74 Å². The van der Waals surface area contributed by atoms with Crippen LogP contribution in [0.2, 0.25) is 0 Å². The molecule has 2 rings (SSSR count). The smallest absolute Gasteiger partial charge is 0.157 e. The molecule has 4 heteroatoms. The van der Waals surface area contributed by atoms with E-state index in [9.17, 15) is 0 Å². The van der Waals surface area contributed by atoms with E-state index in [1.807, 2.05) is 19.2 Å². The van der Waals surface area contributed by atoms with Crippen molar-refractivity contribution in [1.29, 1.82) is 0 Å². The molecule has 0 saturated carbocycles. The molecule has 0 fully saturated rings. The Labute approximate surface area is 69.8 Å². The minimum Gasteiger partial charge on any atom is -0.495 e. The van der Waals surface area contributed by atoms with Crippen molar-refractivity contribution in [3.05, 3.63) is 24.2 Å². The summed E-state index contributed by atoms with van der Waals surface area (Å²) in [6.45, 7) is 1.90. The second-order valence-corrected chi connectivity index (χ2v) is 2.53. The van der Waals surface area contributed by atoms with Gasteiger partial charge in [0.25, 0.3) is 0 Å². The van der Waals surface area contributed by atoms with E-state index in [1.165, 1.54) is 0 Å². The van der Waals surface area contributed by atoms with E-state index < -0.39 is 0 Å². The highest BCUT2D eigenvalue weighted by Crippen LogP contribution is 2.15. The molecule has 0 aliphatic heterocycles. The standard InChI is InChI=1S/C8H9N3O/c1-6-7(12-2)5-8-9-3-4-11(8)10-6/h3-5H,1-2H3. The number of hydrogen-bond acceptors (Lipinski definition) is 3. The minimum absolute atomic E-state index is 0.772. The van der Waals surface area contributed by atoms with Gasteiger partial charge in [0.05, 0.1) is 7.11 Å². The van der Waals surface area contributed by atoms with E-state index >= 15 is 0 Å². The molecule has 0 saturated heterocycles. The molecule has 4 nitrogen and oxygen atoms in total. The monoisotopic (exact) mass is 163 g/mol. The van der Waals surface area contributed by atoms with E-state index in [1.54, 1.807) is 17.8 Å². The predicted molar refractivity (Wildman–Crippen MR) is 44.3 cm³/mol. The van der Waals surface area contributed by atoms with Crippen molar-refractivity contribution in [3.63, 3.8) is 0 Å². The Morgan fingerprint density at radius 1 is 1.50 bits per heavy atom. The van der Waals surface area contributed by atoms with Crippen LogP contribution in [0, 0.1) is 6.92 Å². The van der Waals surface area contributed by atoms with Crippen LogP contribution in [0.15, 0.2) is 18.5 Å². The third kappa shape index (κ3) is 0.922. The highest BCUT2D eigenvalue weighted by molar-refractivity contribution is 5.44. The topological polar surface area (TPSA) is 39.4 Å². The highest BCUT2D eigenvalue weighted by Gasteiger charge is 2.02. The molecule has 0 atom stereocenters. The lowest BCUT2D eigenvalue weighted by Crippen LogP contribution is -1.96. The van der Waals surface area contributed by atoms with Gasteiger partial charge >= 0.3 is 0 Å². The fourth-order valence-electron chi connectivity index (χ4n) is 1.14. The molecule has 0 bridgehead atoms. The molecule has 0 N–H and O–H groups in total. The molecule has 12 heavy (non-hydrogen) atoms. The van der Waals surface area contributed by atoms with E-state index in [0.717, 1.165) is 17.1 Å². The first kappa shape index (κ1) is 7.09. The summed E-state index contributed by atoms with van der Waals surface area (Å²) in [6, 6.07) is 1.86. The summed E-state index contributed by atoms with van der Waals surface area (Å²) in [5, 5.41) is 4.24. The van der Waals surface area contributed by atoms with Crippen LogP contribution in [0.4, 0.5) is 0 Å². The van der Waals surface area contributed by atoms with Crippen LogP contribution in [-0.2, 0) is 0 Å². The Bertz CT molecular complexity index is 408. The van der Waals surface area contributed by atoms with E-state index in [-0.39, 0.29) is 0 Å². The van der Waals surface area contributed by atoms with E-state index in [0.29, 0.717) is 0 Å². The summed E-state index contributed by atoms with van der Waals surface area (Å²) < 4.78 is 6.83. The summed E-state index contributed by atoms with van der Waals surface area (Å²) in [5.41, 5.74) is 1.67. The number of imidazole rings is 1. The van der Waals surface area contributed by atoms with Gasteiger partial charge in [-0.3, -0.25) is 0 Å². The van der Waals surface area contributed by atoms with E-state index in [2.05, 4.69) is 10.1 Å². The number of aryl methyl sites for hydroxylation is 1. The van der Waals surface area contributed by atoms with Crippen molar-refractivity contribution in [2.75, 3.05) is 7.11 Å². The quantitative estimate of drug-likeness (QED) is 0.630. The number of aromatic nitrogens is 3. The van der Waals surface area contributed by atoms with Crippen molar-refractivity contribution in [1.82, 2.24) is 14.6 Å². The van der Waals surface area contributed by atoms with Gasteiger partial charge in [0.2, 0.25) is 0 Å². The van der Waals surface area contributed by atoms with Gasteiger partial charge in [0.15, 0.2) is 5.65 Å². The minimum atomic E-state index is 0.772. The van der Waals surface area contributed by atoms with Crippen LogP contribution >= 0.6 is 0 Å². The first-order valence-electron chi connectivity index (χ1n) is 3.66. The molecule has 62 valence electrons. The van der Waals surface area contributed by atoms with Gasteiger partial charge in [-0.05, 0) is 6.92 Å². The van der Waals surface area contributed by atoms with Gasteiger partial charge < -0.3 is 4.74 Å². The number of ether oxygens (including phenoxy) is 1. The van der Waals surface area contributed by atoms with Crippen LogP contribution in [0.5, 0.6) is 5.75 Å². The summed E-state index contributed by atoms with van der Waals surface area (Å²) in [4.78, 5) is 4.09. The molecule has 2 aromatic rings. The molecular weight excluding hydrogens is 154 g/mol. The number of nitrogens with zero attached hydrogens (tertiary/aromatic N) is 3. The second-order valence-electron chi connectivity index (χ2n) is 2.53. The second kappa shape index (κ2) is 2.48. The predicted octanol–water partition coefficient (Wildman–Crippen LogP) is 1.05. The lowest BCUT2D eigenvalue weighted by molar-refractivity contribution is 0.407. The van der Waals surface area contributed by atoms with Crippen molar-refractivity contribution < 1.29 is 4.74 Å². The molecule has 0 aliphatic carbocycles. The van der Waals surface area contributed by atoms with Gasteiger partial charge in [-0.15, -0.1) is 0 Å². The maximum atomic E-state index is 5.11. The summed E-state index contributed by atoms with van der Waals surface area (Å²) >= 11 is 0. The Morgan fingerprint density at radius 3 is 3.08 bits per heavy atom. The SMILES string of the molecule is COc1cc2nccn2nc1C. The zero-order chi connectivity index (χ0) is 8.55. The molecule has 0 aliphatic rings. The third-order valence-corrected chi connectivity index (χ3v) is 1.74. The van der Waals surface area contributed by atoms with Gasteiger partial charge in [-0.2, -0.15) is 5.10 Å². The number of fused-ring (bicyclic) bond motifs is 1. The Balaban J connectivity index is 2.73. The van der Waals surface area contributed by atoms with Crippen molar-refractivity contribution in [3.8, 4) is 5.75 Å². The average Bonchev–Trinajstić information content (AvgIpc) is 2.49. The molecule has 0 amide bonds. The van der Waals surface area contributed by atoms with Crippen LogP contribution in [0.25, 0.3) is 5.65 Å². The first-order chi connectivity index (χ1) is 5.81. The molecule has 0 unspecified atom stereocenters. The fraction of sp³-hybridized carbons (Fsp3) is 0.250. The Hall–Kier alpha value is -1.58. The van der Waals surface area contributed by atoms with Crippen LogP contribution in [-0.4, -0.2) is 21.7 Å². The zero-order valence-corrected chi connectivity index (χ0v) is 6.98. The highest BCUT2D eigenvalue weighted by atomic mass is 16.5. The Morgan fingerprint density at radius 2 is 2.33 bits per heavy atom. The molecular formula is C8H9N3O. The number of methoxy groups -OCH3 is 1. The summed E-state index contributed by atoms with van der Waals surface area (Å²) in [7, 11) is 1.63. The molecule has 0 spiro atoms. The summed E-state index contributed by atoms with van der Waals surface area (Å²) in [6.07, 6.45) is 3.52. The lowest BCUT2D eigenvalue weighted by Gasteiger charge is -2.02. The molecule has 2 aromatic heterocycles. The van der Waals surface area contributed by atoms with Crippen LogP contribution < -0.4 is 4.74 Å². The van der Waals surface area contributed by atoms with Gasteiger partial charge in [-0.1, -0.05) is 0 Å². The molecule has 2 heterocycles. The molecule has 0 aromatic carbocycles. The van der Waals surface area contributed by atoms with Gasteiger partial charge in [0.1, 0.15) is 11.4 Å². The Kier molecular flexibility index (Phi) is 1.46. The third-order valence-electron chi connectivity index (χ3n) is 1.74. The maximum absolute atomic E-state index is 5.11. The van der Waals surface area contributed by atoms with Crippen molar-refractivity contribution in [2.24, 2.45) is 0 Å². The van der Waals surface area contributed by atoms with Gasteiger partial charge in [0, 0.05) is 18.5 Å². The van der Waals surface area contributed by atoms with Crippen LogP contribution in [0.3, 0.4) is 0 Å². The number of hydrogen-bond donors (Lipinski definition) is 0. The van der Waals surface area contributed by atoms with Gasteiger partial charge in [-0.25, -0.2) is 9.50 Å². The number of rotatable bonds is 1. The average molecular weight is 163 g/mol. The van der Waals surface area contributed by atoms with Crippen LogP contribution in [0.1, 0.15) is 5.69 Å². The van der Waals surface area contributed by atoms with Crippen molar-refractivity contribution in [2.45, 2.75) is 6.92 Å². The normalized spacial score (nSPS) is 10.5. The fourth-order valence-corrected chi connectivity index (χ4v) is 1.14. The largest absolute Gasteiger partial charge is 0.495 e. The summed E-state index contributed by atoms with van der Waals surface area (Å²) in [5.74, 6) is 0.772. The maximum Gasteiger partial charge on any atom is 0.157 e. The first-order valence-corrected chi connectivity index (χ1v) is 3.66. The lowest BCUT2D eigenvalue weighted by atomic mass is 10.4. The van der Waals surface area contributed by atoms with Crippen molar-refractivity contribution >= 4 is 5.65 Å².